The lowest BCUT2D eigenvalue weighted by atomic mass is 10.00. The summed E-state index contributed by atoms with van der Waals surface area (Å²) in [7, 11) is 0. The average molecular weight is 303 g/mol. The maximum atomic E-state index is 13.2. The number of rotatable bonds is 2. The van der Waals surface area contributed by atoms with Crippen molar-refractivity contribution in [3.05, 3.63) is 58.9 Å². The van der Waals surface area contributed by atoms with Crippen molar-refractivity contribution < 1.29 is 8.91 Å². The standard InChI is InChI=1S/C16H12ClFN2O/c1-9-2-4-10(5-3-9)14-15(20-21-16(14)19)12-7-6-11(18)8-13(12)17/h2-8H,19H2,1H3. The smallest absolute Gasteiger partial charge is 0.230 e. The Labute approximate surface area is 126 Å². The van der Waals surface area contributed by atoms with Crippen molar-refractivity contribution in [2.45, 2.75) is 6.92 Å². The van der Waals surface area contributed by atoms with Crippen LogP contribution in [0.15, 0.2) is 47.0 Å². The first-order valence-corrected chi connectivity index (χ1v) is 6.71. The number of nitrogens with two attached hydrogens (primary N) is 1. The fourth-order valence-corrected chi connectivity index (χ4v) is 2.42. The molecule has 0 bridgehead atoms. The zero-order valence-electron chi connectivity index (χ0n) is 11.2. The summed E-state index contributed by atoms with van der Waals surface area (Å²) in [6, 6.07) is 11.9. The highest BCUT2D eigenvalue weighted by Gasteiger charge is 2.19. The van der Waals surface area contributed by atoms with Crippen LogP contribution >= 0.6 is 11.6 Å². The molecule has 5 heteroatoms. The van der Waals surface area contributed by atoms with E-state index in [1.165, 1.54) is 12.1 Å². The molecule has 0 aliphatic carbocycles. The molecule has 1 aromatic heterocycles. The molecule has 0 fully saturated rings. The van der Waals surface area contributed by atoms with Crippen LogP contribution in [0, 0.1) is 12.7 Å². The average Bonchev–Trinajstić information content (AvgIpc) is 2.82. The van der Waals surface area contributed by atoms with Crippen LogP contribution in [0.25, 0.3) is 22.4 Å². The summed E-state index contributed by atoms with van der Waals surface area (Å²) in [5, 5.41) is 4.23. The van der Waals surface area contributed by atoms with E-state index < -0.39 is 5.82 Å². The summed E-state index contributed by atoms with van der Waals surface area (Å²) in [4.78, 5) is 0. The van der Waals surface area contributed by atoms with Gasteiger partial charge in [0.05, 0.1) is 10.6 Å². The first kappa shape index (κ1) is 13.6. The first-order chi connectivity index (χ1) is 10.1. The zero-order chi connectivity index (χ0) is 15.0. The predicted octanol–water partition coefficient (Wildman–Crippen LogP) is 4.69. The number of aryl methyl sites for hydroxylation is 1. The topological polar surface area (TPSA) is 52.0 Å². The van der Waals surface area contributed by atoms with Crippen LogP contribution in [0.1, 0.15) is 5.56 Å². The molecule has 3 aromatic rings. The van der Waals surface area contributed by atoms with E-state index >= 15 is 0 Å². The summed E-state index contributed by atoms with van der Waals surface area (Å²) in [5.74, 6) is -0.202. The Morgan fingerprint density at radius 2 is 1.86 bits per heavy atom. The van der Waals surface area contributed by atoms with Gasteiger partial charge in [0.1, 0.15) is 11.5 Å². The second-order valence-corrected chi connectivity index (χ2v) is 5.17. The lowest BCUT2D eigenvalue weighted by molar-refractivity contribution is 0.439. The minimum absolute atomic E-state index is 0.203. The van der Waals surface area contributed by atoms with E-state index in [0.29, 0.717) is 16.8 Å². The Morgan fingerprint density at radius 1 is 1.14 bits per heavy atom. The molecule has 0 saturated heterocycles. The third-order valence-electron chi connectivity index (χ3n) is 3.24. The molecule has 0 aliphatic heterocycles. The highest BCUT2D eigenvalue weighted by Crippen LogP contribution is 2.39. The molecule has 0 saturated carbocycles. The molecule has 0 aliphatic rings. The fourth-order valence-electron chi connectivity index (χ4n) is 2.17. The molecule has 0 unspecified atom stereocenters. The molecule has 106 valence electrons. The molecule has 0 amide bonds. The van der Waals surface area contributed by atoms with Gasteiger partial charge in [0, 0.05) is 5.56 Å². The minimum atomic E-state index is -0.405. The van der Waals surface area contributed by atoms with Gasteiger partial charge in [0.2, 0.25) is 5.88 Å². The molecule has 3 nitrogen and oxygen atoms in total. The van der Waals surface area contributed by atoms with Gasteiger partial charge in [-0.15, -0.1) is 0 Å². The van der Waals surface area contributed by atoms with E-state index in [9.17, 15) is 4.39 Å². The predicted molar refractivity (Wildman–Crippen MR) is 81.5 cm³/mol. The van der Waals surface area contributed by atoms with Crippen molar-refractivity contribution in [2.75, 3.05) is 5.73 Å². The van der Waals surface area contributed by atoms with Crippen molar-refractivity contribution in [2.24, 2.45) is 0 Å². The highest BCUT2D eigenvalue weighted by molar-refractivity contribution is 6.33. The molecular weight excluding hydrogens is 291 g/mol. The summed E-state index contributed by atoms with van der Waals surface area (Å²) in [5.41, 5.74) is 9.62. The molecular formula is C16H12ClFN2O. The maximum Gasteiger partial charge on any atom is 0.230 e. The second kappa shape index (κ2) is 5.22. The number of halogens is 2. The van der Waals surface area contributed by atoms with Crippen LogP contribution in [0.5, 0.6) is 0 Å². The van der Waals surface area contributed by atoms with Crippen molar-refractivity contribution in [3.63, 3.8) is 0 Å². The number of hydrogen-bond acceptors (Lipinski definition) is 3. The largest absolute Gasteiger partial charge is 0.367 e. The Morgan fingerprint density at radius 3 is 2.52 bits per heavy atom. The lowest BCUT2D eigenvalue weighted by Crippen LogP contribution is -1.89. The van der Waals surface area contributed by atoms with Gasteiger partial charge in [-0.05, 0) is 30.7 Å². The zero-order valence-corrected chi connectivity index (χ0v) is 12.0. The van der Waals surface area contributed by atoms with Crippen molar-refractivity contribution in [3.8, 4) is 22.4 Å². The third-order valence-corrected chi connectivity index (χ3v) is 3.56. The van der Waals surface area contributed by atoms with E-state index in [-0.39, 0.29) is 10.9 Å². The van der Waals surface area contributed by atoms with Gasteiger partial charge >= 0.3 is 0 Å². The summed E-state index contributed by atoms with van der Waals surface area (Å²) in [6.45, 7) is 2.00. The molecule has 2 N–H and O–H groups in total. The first-order valence-electron chi connectivity index (χ1n) is 6.34. The Bertz CT molecular complexity index is 797. The molecule has 3 rings (SSSR count). The van der Waals surface area contributed by atoms with Gasteiger partial charge in [-0.25, -0.2) is 4.39 Å². The third kappa shape index (κ3) is 2.50. The maximum absolute atomic E-state index is 13.2. The van der Waals surface area contributed by atoms with Gasteiger partial charge < -0.3 is 10.3 Å². The second-order valence-electron chi connectivity index (χ2n) is 4.76. The lowest BCUT2D eigenvalue weighted by Gasteiger charge is -2.05. The van der Waals surface area contributed by atoms with Crippen LogP contribution in [-0.2, 0) is 0 Å². The van der Waals surface area contributed by atoms with E-state index in [0.717, 1.165) is 11.1 Å². The minimum Gasteiger partial charge on any atom is -0.367 e. The van der Waals surface area contributed by atoms with E-state index in [1.54, 1.807) is 6.07 Å². The van der Waals surface area contributed by atoms with Gasteiger partial charge in [-0.2, -0.15) is 0 Å². The van der Waals surface area contributed by atoms with Gasteiger partial charge in [-0.1, -0.05) is 46.6 Å². The number of aromatic nitrogens is 1. The molecule has 21 heavy (non-hydrogen) atoms. The number of nitrogens with zero attached hydrogens (tertiary/aromatic N) is 1. The van der Waals surface area contributed by atoms with Crippen LogP contribution in [0.3, 0.4) is 0 Å². The summed E-state index contributed by atoms with van der Waals surface area (Å²) in [6.07, 6.45) is 0. The number of anilines is 1. The molecule has 1 heterocycles. The van der Waals surface area contributed by atoms with Crippen LogP contribution < -0.4 is 5.73 Å². The number of hydrogen-bond donors (Lipinski definition) is 1. The van der Waals surface area contributed by atoms with Crippen molar-refractivity contribution in [1.82, 2.24) is 5.16 Å². The molecule has 0 spiro atoms. The highest BCUT2D eigenvalue weighted by atomic mass is 35.5. The summed E-state index contributed by atoms with van der Waals surface area (Å²) >= 11 is 6.10. The van der Waals surface area contributed by atoms with Crippen molar-refractivity contribution >= 4 is 17.5 Å². The van der Waals surface area contributed by atoms with E-state index in [4.69, 9.17) is 21.9 Å². The monoisotopic (exact) mass is 302 g/mol. The van der Waals surface area contributed by atoms with Gasteiger partial charge in [0.25, 0.3) is 0 Å². The molecule has 0 atom stereocenters. The van der Waals surface area contributed by atoms with Gasteiger partial charge in [0.15, 0.2) is 0 Å². The molecule has 0 radical (unpaired) electrons. The van der Waals surface area contributed by atoms with Crippen LogP contribution in [0.2, 0.25) is 5.02 Å². The SMILES string of the molecule is Cc1ccc(-c2c(-c3ccc(F)cc3Cl)noc2N)cc1. The Hall–Kier alpha value is -2.33. The quantitative estimate of drug-likeness (QED) is 0.747. The number of benzene rings is 2. The van der Waals surface area contributed by atoms with Crippen LogP contribution in [0.4, 0.5) is 10.3 Å². The van der Waals surface area contributed by atoms with Crippen LogP contribution in [-0.4, -0.2) is 5.16 Å². The normalized spacial score (nSPS) is 10.8. The molecule has 2 aromatic carbocycles. The Balaban J connectivity index is 2.19. The Kier molecular flexibility index (Phi) is 3.39. The number of nitrogen functional groups attached to an aromatic ring is 1. The van der Waals surface area contributed by atoms with Crippen molar-refractivity contribution in [1.29, 1.82) is 0 Å². The summed E-state index contributed by atoms with van der Waals surface area (Å²) < 4.78 is 18.3. The fraction of sp³-hybridized carbons (Fsp3) is 0.0625. The van der Waals surface area contributed by atoms with E-state index in [1.807, 2.05) is 31.2 Å². The van der Waals surface area contributed by atoms with Gasteiger partial charge in [-0.3, -0.25) is 0 Å². The van der Waals surface area contributed by atoms with E-state index in [2.05, 4.69) is 5.16 Å².